The van der Waals surface area contributed by atoms with Gasteiger partial charge in [0.05, 0.1) is 18.3 Å². The molecule has 6 heteroatoms. The van der Waals surface area contributed by atoms with Gasteiger partial charge in [0.25, 0.3) is 5.56 Å². The number of allylic oxidation sites excluding steroid dienone is 1. The van der Waals surface area contributed by atoms with Gasteiger partial charge in [-0.3, -0.25) is 9.36 Å². The number of ether oxygens (including phenoxy) is 1. The standard InChI is InChI=1S/C20H22N2O3S/c1-3-7-14-8-5-6-9-18(14)25-12-15(23)11-22-13-21-19-17(20(22)24)10-16(4-2)26-19/h3,5-6,8-10,13,15,23H,1,4,7,11-12H2,2H3. The zero-order valence-corrected chi connectivity index (χ0v) is 15.5. The molecule has 1 N–H and O–H groups in total. The Morgan fingerprint density at radius 1 is 1.42 bits per heavy atom. The lowest BCUT2D eigenvalue weighted by Crippen LogP contribution is -2.30. The van der Waals surface area contributed by atoms with E-state index in [0.717, 1.165) is 27.4 Å². The number of benzene rings is 1. The SMILES string of the molecule is C=CCc1ccccc1OCC(O)Cn1cnc2sc(CC)cc2c1=O. The Morgan fingerprint density at radius 2 is 2.23 bits per heavy atom. The summed E-state index contributed by atoms with van der Waals surface area (Å²) < 4.78 is 7.18. The van der Waals surface area contributed by atoms with Crippen LogP contribution in [0.5, 0.6) is 5.75 Å². The van der Waals surface area contributed by atoms with Crippen LogP contribution in [0, 0.1) is 0 Å². The molecule has 5 nitrogen and oxygen atoms in total. The number of thiophene rings is 1. The van der Waals surface area contributed by atoms with E-state index in [4.69, 9.17) is 4.74 Å². The van der Waals surface area contributed by atoms with Crippen LogP contribution in [0.3, 0.4) is 0 Å². The lowest BCUT2D eigenvalue weighted by Gasteiger charge is -2.15. The summed E-state index contributed by atoms with van der Waals surface area (Å²) in [4.78, 5) is 18.8. The van der Waals surface area contributed by atoms with Crippen LogP contribution in [0.4, 0.5) is 0 Å². The number of hydrogen-bond donors (Lipinski definition) is 1. The van der Waals surface area contributed by atoms with Crippen molar-refractivity contribution in [1.82, 2.24) is 9.55 Å². The van der Waals surface area contributed by atoms with Crippen molar-refractivity contribution in [3.8, 4) is 5.75 Å². The molecular weight excluding hydrogens is 348 g/mol. The summed E-state index contributed by atoms with van der Waals surface area (Å²) in [6.07, 6.45) is 4.07. The highest BCUT2D eigenvalue weighted by Crippen LogP contribution is 2.21. The number of hydrogen-bond acceptors (Lipinski definition) is 5. The molecule has 0 saturated heterocycles. The predicted molar refractivity (Wildman–Crippen MR) is 105 cm³/mol. The van der Waals surface area contributed by atoms with E-state index in [1.165, 1.54) is 22.2 Å². The minimum Gasteiger partial charge on any atom is -0.491 e. The highest BCUT2D eigenvalue weighted by Gasteiger charge is 2.13. The number of aryl methyl sites for hydroxylation is 1. The predicted octanol–water partition coefficient (Wildman–Crippen LogP) is 3.19. The third kappa shape index (κ3) is 4.03. The third-order valence-corrected chi connectivity index (χ3v) is 5.28. The van der Waals surface area contributed by atoms with Gasteiger partial charge in [-0.25, -0.2) is 4.98 Å². The fraction of sp³-hybridized carbons (Fsp3) is 0.300. The topological polar surface area (TPSA) is 64.3 Å². The summed E-state index contributed by atoms with van der Waals surface area (Å²) in [6.45, 7) is 6.03. The molecule has 0 aliphatic heterocycles. The maximum absolute atomic E-state index is 12.6. The first kappa shape index (κ1) is 18.4. The fourth-order valence-electron chi connectivity index (χ4n) is 2.75. The van der Waals surface area contributed by atoms with E-state index in [1.54, 1.807) is 0 Å². The second-order valence-corrected chi connectivity index (χ2v) is 7.17. The van der Waals surface area contributed by atoms with Crippen LogP contribution < -0.4 is 10.3 Å². The molecule has 1 aromatic carbocycles. The average Bonchev–Trinajstić information content (AvgIpc) is 3.08. The van der Waals surface area contributed by atoms with Crippen molar-refractivity contribution < 1.29 is 9.84 Å². The van der Waals surface area contributed by atoms with E-state index in [9.17, 15) is 9.90 Å². The van der Waals surface area contributed by atoms with E-state index in [-0.39, 0.29) is 18.7 Å². The van der Waals surface area contributed by atoms with Crippen molar-refractivity contribution in [1.29, 1.82) is 0 Å². The van der Waals surface area contributed by atoms with Gasteiger partial charge in [-0.15, -0.1) is 17.9 Å². The van der Waals surface area contributed by atoms with Crippen molar-refractivity contribution >= 4 is 21.6 Å². The molecule has 26 heavy (non-hydrogen) atoms. The molecule has 2 heterocycles. The van der Waals surface area contributed by atoms with Crippen molar-refractivity contribution in [3.05, 3.63) is 70.1 Å². The second-order valence-electron chi connectivity index (χ2n) is 6.05. The van der Waals surface area contributed by atoms with Gasteiger partial charge in [-0.1, -0.05) is 31.2 Å². The molecule has 0 spiro atoms. The monoisotopic (exact) mass is 370 g/mol. The zero-order chi connectivity index (χ0) is 18.5. The highest BCUT2D eigenvalue weighted by atomic mass is 32.1. The quantitative estimate of drug-likeness (QED) is 0.619. The molecule has 0 fully saturated rings. The summed E-state index contributed by atoms with van der Waals surface area (Å²) in [5, 5.41) is 10.9. The first-order valence-corrected chi connectivity index (χ1v) is 9.41. The molecule has 0 aliphatic rings. The molecule has 0 amide bonds. The van der Waals surface area contributed by atoms with Crippen LogP contribution in [0.1, 0.15) is 17.4 Å². The van der Waals surface area contributed by atoms with Gasteiger partial charge in [0.1, 0.15) is 23.3 Å². The summed E-state index contributed by atoms with van der Waals surface area (Å²) >= 11 is 1.53. The zero-order valence-electron chi connectivity index (χ0n) is 14.7. The molecule has 1 unspecified atom stereocenters. The Balaban J connectivity index is 1.69. The third-order valence-electron chi connectivity index (χ3n) is 4.09. The van der Waals surface area contributed by atoms with E-state index in [0.29, 0.717) is 11.8 Å². The van der Waals surface area contributed by atoms with Crippen LogP contribution in [0.25, 0.3) is 10.2 Å². The number of aliphatic hydroxyl groups is 1. The van der Waals surface area contributed by atoms with Gasteiger partial charge in [0.2, 0.25) is 0 Å². The molecule has 136 valence electrons. The molecule has 0 radical (unpaired) electrons. The Labute approximate surface area is 156 Å². The summed E-state index contributed by atoms with van der Waals surface area (Å²) in [5.41, 5.74) is 0.886. The van der Waals surface area contributed by atoms with Crippen LogP contribution in [0.15, 0.2) is 54.1 Å². The minimum atomic E-state index is -0.812. The van der Waals surface area contributed by atoms with Crippen LogP contribution >= 0.6 is 11.3 Å². The maximum Gasteiger partial charge on any atom is 0.262 e. The van der Waals surface area contributed by atoms with Crippen LogP contribution in [0.2, 0.25) is 0 Å². The fourth-order valence-corrected chi connectivity index (χ4v) is 3.67. The molecule has 0 aliphatic carbocycles. The highest BCUT2D eigenvalue weighted by molar-refractivity contribution is 7.18. The van der Waals surface area contributed by atoms with Crippen molar-refractivity contribution in [2.75, 3.05) is 6.61 Å². The Hall–Kier alpha value is -2.44. The molecule has 1 atom stereocenters. The summed E-state index contributed by atoms with van der Waals surface area (Å²) in [7, 11) is 0. The number of rotatable bonds is 8. The van der Waals surface area contributed by atoms with Gasteiger partial charge in [0, 0.05) is 4.88 Å². The van der Waals surface area contributed by atoms with Crippen molar-refractivity contribution in [2.45, 2.75) is 32.4 Å². The maximum atomic E-state index is 12.6. The number of aliphatic hydroxyl groups excluding tert-OH is 1. The Morgan fingerprint density at radius 3 is 3.00 bits per heavy atom. The average molecular weight is 370 g/mol. The summed E-state index contributed by atoms with van der Waals surface area (Å²) in [5.74, 6) is 0.720. The smallest absolute Gasteiger partial charge is 0.262 e. The van der Waals surface area contributed by atoms with E-state index in [2.05, 4.69) is 18.5 Å². The van der Waals surface area contributed by atoms with Gasteiger partial charge in [0.15, 0.2) is 0 Å². The molecule has 3 aromatic rings. The first-order chi connectivity index (χ1) is 12.6. The van der Waals surface area contributed by atoms with Gasteiger partial charge in [-0.2, -0.15) is 0 Å². The van der Waals surface area contributed by atoms with Gasteiger partial charge >= 0.3 is 0 Å². The molecule has 0 saturated carbocycles. The molecular formula is C20H22N2O3S. The molecule has 3 rings (SSSR count). The molecule has 0 bridgehead atoms. The number of para-hydroxylation sites is 1. The number of aromatic nitrogens is 2. The van der Waals surface area contributed by atoms with Crippen molar-refractivity contribution in [2.24, 2.45) is 0 Å². The lowest BCUT2D eigenvalue weighted by molar-refractivity contribution is 0.0911. The second kappa shape index (κ2) is 8.29. The summed E-state index contributed by atoms with van der Waals surface area (Å²) in [6, 6.07) is 9.55. The normalized spacial score (nSPS) is 12.2. The van der Waals surface area contributed by atoms with Crippen LogP contribution in [-0.4, -0.2) is 27.4 Å². The Kier molecular flexibility index (Phi) is 5.85. The van der Waals surface area contributed by atoms with Gasteiger partial charge in [-0.05, 0) is 30.5 Å². The lowest BCUT2D eigenvalue weighted by atomic mass is 10.1. The van der Waals surface area contributed by atoms with E-state index >= 15 is 0 Å². The first-order valence-electron chi connectivity index (χ1n) is 8.60. The van der Waals surface area contributed by atoms with E-state index in [1.807, 2.05) is 36.4 Å². The minimum absolute atomic E-state index is 0.0997. The number of fused-ring (bicyclic) bond motifs is 1. The van der Waals surface area contributed by atoms with E-state index < -0.39 is 6.10 Å². The Bertz CT molecular complexity index is 961. The van der Waals surface area contributed by atoms with Crippen molar-refractivity contribution in [3.63, 3.8) is 0 Å². The number of nitrogens with zero attached hydrogens (tertiary/aromatic N) is 2. The van der Waals surface area contributed by atoms with Gasteiger partial charge < -0.3 is 9.84 Å². The van der Waals surface area contributed by atoms with Crippen LogP contribution in [-0.2, 0) is 19.4 Å². The molecule has 2 aromatic heterocycles. The largest absolute Gasteiger partial charge is 0.491 e.